The van der Waals surface area contributed by atoms with Gasteiger partial charge in [0.25, 0.3) is 5.91 Å². The van der Waals surface area contributed by atoms with Crippen LogP contribution >= 0.6 is 0 Å². The molecule has 2 N–H and O–H groups in total. The highest BCUT2D eigenvalue weighted by molar-refractivity contribution is 6.07. The van der Waals surface area contributed by atoms with E-state index in [9.17, 15) is 18.0 Å². The molecule has 0 saturated carbocycles. The zero-order valence-corrected chi connectivity index (χ0v) is 18.5. The van der Waals surface area contributed by atoms with Crippen LogP contribution in [0.5, 0.6) is 0 Å². The molecule has 3 rings (SSSR count). The lowest BCUT2D eigenvalue weighted by atomic mass is 9.95. The summed E-state index contributed by atoms with van der Waals surface area (Å²) in [5, 5.41) is 17.2. The van der Waals surface area contributed by atoms with Crippen molar-refractivity contribution in [2.75, 3.05) is 13.2 Å². The number of rotatable bonds is 4. The van der Waals surface area contributed by atoms with Gasteiger partial charge in [-0.15, -0.1) is 0 Å². The molecule has 32 heavy (non-hydrogen) atoms. The summed E-state index contributed by atoms with van der Waals surface area (Å²) < 4.78 is 31.7. The number of carbonyl (C=O) groups is 2. The highest BCUT2D eigenvalue weighted by Crippen LogP contribution is 2.28. The van der Waals surface area contributed by atoms with Crippen molar-refractivity contribution in [1.29, 1.82) is 0 Å². The fourth-order valence-electron chi connectivity index (χ4n) is 3.88. The number of aliphatic hydroxyl groups excluding tert-OH is 1. The third-order valence-corrected chi connectivity index (χ3v) is 5.69. The van der Waals surface area contributed by atoms with Gasteiger partial charge in [0.1, 0.15) is 0 Å². The van der Waals surface area contributed by atoms with Gasteiger partial charge in [-0.2, -0.15) is 13.2 Å². The topological polar surface area (TPSA) is 90.7 Å². The molecule has 1 fully saturated rings. The molecule has 0 radical (unpaired) electrons. The van der Waals surface area contributed by atoms with Crippen molar-refractivity contribution in [3.8, 4) is 0 Å². The molecule has 176 valence electrons. The van der Waals surface area contributed by atoms with E-state index in [1.54, 1.807) is 0 Å². The highest BCUT2D eigenvalue weighted by atomic mass is 19.4. The van der Waals surface area contributed by atoms with Crippen molar-refractivity contribution in [3.63, 3.8) is 0 Å². The number of likely N-dealkylation sites (tertiary alicyclic amines) is 1. The number of aliphatic carboxylic acids is 1. The van der Waals surface area contributed by atoms with E-state index in [4.69, 9.17) is 15.0 Å². The number of piperidine rings is 1. The Balaban J connectivity index is 0.000000451. The molecule has 1 aromatic heterocycles. The highest BCUT2D eigenvalue weighted by Gasteiger charge is 2.38. The Bertz CT molecular complexity index is 976. The number of carboxylic acids is 1. The van der Waals surface area contributed by atoms with Crippen molar-refractivity contribution in [3.05, 3.63) is 40.6 Å². The minimum absolute atomic E-state index is 0.112. The summed E-state index contributed by atoms with van der Waals surface area (Å²) in [6.07, 6.45) is -0.201. The van der Waals surface area contributed by atoms with E-state index < -0.39 is 12.1 Å². The number of hydrogen-bond acceptors (Lipinski definition) is 4. The average Bonchev–Trinajstić information content (AvgIpc) is 2.74. The second-order valence-electron chi connectivity index (χ2n) is 8.03. The minimum Gasteiger partial charge on any atom is -0.475 e. The summed E-state index contributed by atoms with van der Waals surface area (Å²) in [6.45, 7) is 7.10. The van der Waals surface area contributed by atoms with E-state index in [-0.39, 0.29) is 18.6 Å². The van der Waals surface area contributed by atoms with Gasteiger partial charge >= 0.3 is 12.1 Å². The number of pyridine rings is 1. The summed E-state index contributed by atoms with van der Waals surface area (Å²) in [5.41, 5.74) is 4.93. The monoisotopic (exact) mass is 454 g/mol. The number of carboxylic acid groups (broad SMARTS) is 1. The standard InChI is InChI=1S/C21H28N2O2.C2HF3O2/c1-14-9-10-18-19(13-15(2)22-20(18)16(14)3)21(25)23-11-5-4-7-17(23)8-6-12-24;3-2(4,5)1(6)7/h9-10,13,17,24H,4-8,11-12H2,1-3H3;(H,6,7). The number of alkyl halides is 3. The first-order valence-electron chi connectivity index (χ1n) is 10.6. The van der Waals surface area contributed by atoms with Crippen LogP contribution in [-0.2, 0) is 4.79 Å². The molecule has 9 heteroatoms. The van der Waals surface area contributed by atoms with Crippen LogP contribution < -0.4 is 0 Å². The third kappa shape index (κ3) is 6.18. The zero-order chi connectivity index (χ0) is 24.1. The summed E-state index contributed by atoms with van der Waals surface area (Å²) in [5.74, 6) is -2.64. The van der Waals surface area contributed by atoms with Crippen LogP contribution in [0.2, 0.25) is 0 Å². The number of carbonyl (C=O) groups excluding carboxylic acids is 1. The summed E-state index contributed by atoms with van der Waals surface area (Å²) in [7, 11) is 0. The third-order valence-electron chi connectivity index (χ3n) is 5.69. The summed E-state index contributed by atoms with van der Waals surface area (Å²) >= 11 is 0. The molecule has 2 heterocycles. The summed E-state index contributed by atoms with van der Waals surface area (Å²) in [6, 6.07) is 6.27. The Hall–Kier alpha value is -2.68. The van der Waals surface area contributed by atoms with Gasteiger partial charge in [-0.3, -0.25) is 9.78 Å². The van der Waals surface area contributed by atoms with Crippen LogP contribution in [0.1, 0.15) is 59.3 Å². The molecule has 0 spiro atoms. The molecule has 6 nitrogen and oxygen atoms in total. The Morgan fingerprint density at radius 2 is 1.84 bits per heavy atom. The molecule has 1 atom stereocenters. The van der Waals surface area contributed by atoms with E-state index in [1.165, 1.54) is 5.56 Å². The molecule has 1 amide bonds. The van der Waals surface area contributed by atoms with Gasteiger partial charge in [0, 0.05) is 30.3 Å². The molecule has 1 aliphatic rings. The van der Waals surface area contributed by atoms with Crippen molar-refractivity contribution >= 4 is 22.8 Å². The first-order valence-corrected chi connectivity index (χ1v) is 10.6. The second-order valence-corrected chi connectivity index (χ2v) is 8.03. The van der Waals surface area contributed by atoms with E-state index in [0.29, 0.717) is 0 Å². The fourth-order valence-corrected chi connectivity index (χ4v) is 3.88. The van der Waals surface area contributed by atoms with Gasteiger partial charge in [-0.1, -0.05) is 12.1 Å². The van der Waals surface area contributed by atoms with Crippen molar-refractivity contribution in [1.82, 2.24) is 9.88 Å². The number of amides is 1. The molecule has 1 unspecified atom stereocenters. The molecule has 1 saturated heterocycles. The SMILES string of the molecule is Cc1cc(C(=O)N2CCCCC2CCCO)c2ccc(C)c(C)c2n1.O=C(O)C(F)(F)F. The van der Waals surface area contributed by atoms with Crippen LogP contribution in [-0.4, -0.2) is 57.3 Å². The van der Waals surface area contributed by atoms with Crippen LogP contribution in [0.4, 0.5) is 13.2 Å². The molecule has 0 bridgehead atoms. The van der Waals surface area contributed by atoms with Gasteiger partial charge in [0.05, 0.1) is 11.1 Å². The maximum Gasteiger partial charge on any atom is 0.490 e. The Kier molecular flexibility index (Phi) is 8.60. The first-order chi connectivity index (χ1) is 15.0. The molecule has 1 aromatic carbocycles. The maximum atomic E-state index is 13.4. The van der Waals surface area contributed by atoms with Gasteiger partial charge in [-0.25, -0.2) is 4.79 Å². The Labute approximate surface area is 185 Å². The molecule has 1 aliphatic heterocycles. The molecular formula is C23H29F3N2O4. The predicted molar refractivity (Wildman–Crippen MR) is 115 cm³/mol. The number of aliphatic hydroxyl groups is 1. The number of benzene rings is 1. The Morgan fingerprint density at radius 3 is 2.44 bits per heavy atom. The number of aromatic nitrogens is 1. The van der Waals surface area contributed by atoms with Gasteiger partial charge < -0.3 is 15.1 Å². The first kappa shape index (κ1) is 25.6. The lowest BCUT2D eigenvalue weighted by Crippen LogP contribution is -2.44. The smallest absolute Gasteiger partial charge is 0.475 e. The molecule has 2 aromatic rings. The maximum absolute atomic E-state index is 13.4. The van der Waals surface area contributed by atoms with Crippen LogP contribution in [0.3, 0.4) is 0 Å². The van der Waals surface area contributed by atoms with E-state index in [2.05, 4.69) is 24.9 Å². The number of nitrogens with zero attached hydrogens (tertiary/aromatic N) is 2. The Morgan fingerprint density at radius 1 is 1.19 bits per heavy atom. The van der Waals surface area contributed by atoms with Crippen LogP contribution in [0.15, 0.2) is 18.2 Å². The molecular weight excluding hydrogens is 425 g/mol. The van der Waals surface area contributed by atoms with Crippen LogP contribution in [0, 0.1) is 20.8 Å². The van der Waals surface area contributed by atoms with E-state index in [0.717, 1.165) is 66.4 Å². The average molecular weight is 454 g/mol. The minimum atomic E-state index is -5.08. The largest absolute Gasteiger partial charge is 0.490 e. The number of aryl methyl sites for hydroxylation is 3. The lowest BCUT2D eigenvalue weighted by molar-refractivity contribution is -0.192. The number of fused-ring (bicyclic) bond motifs is 1. The summed E-state index contributed by atoms with van der Waals surface area (Å²) in [4.78, 5) is 29.0. The quantitative estimate of drug-likeness (QED) is 0.707. The van der Waals surface area contributed by atoms with E-state index >= 15 is 0 Å². The normalized spacial score (nSPS) is 16.5. The van der Waals surface area contributed by atoms with E-state index in [1.807, 2.05) is 24.0 Å². The predicted octanol–water partition coefficient (Wildman–Crippen LogP) is 4.56. The van der Waals surface area contributed by atoms with Crippen LogP contribution in [0.25, 0.3) is 10.9 Å². The fraction of sp³-hybridized carbons (Fsp3) is 0.522. The van der Waals surface area contributed by atoms with Crippen molar-refractivity contribution in [2.24, 2.45) is 0 Å². The lowest BCUT2D eigenvalue weighted by Gasteiger charge is -2.36. The van der Waals surface area contributed by atoms with Crippen molar-refractivity contribution in [2.45, 2.75) is 65.1 Å². The van der Waals surface area contributed by atoms with Gasteiger partial charge in [0.2, 0.25) is 0 Å². The van der Waals surface area contributed by atoms with Gasteiger partial charge in [-0.05, 0) is 70.1 Å². The molecule has 0 aliphatic carbocycles. The van der Waals surface area contributed by atoms with Gasteiger partial charge in [0.15, 0.2) is 0 Å². The zero-order valence-electron chi connectivity index (χ0n) is 18.5. The second kappa shape index (κ2) is 10.8. The van der Waals surface area contributed by atoms with Crippen molar-refractivity contribution < 1.29 is 33.0 Å². The number of hydrogen-bond donors (Lipinski definition) is 2. The number of halogens is 3.